The zero-order chi connectivity index (χ0) is 18.0. The van der Waals surface area contributed by atoms with E-state index in [1.165, 1.54) is 4.90 Å². The highest BCUT2D eigenvalue weighted by Gasteiger charge is 2.22. The van der Waals surface area contributed by atoms with Crippen molar-refractivity contribution >= 4 is 18.2 Å². The highest BCUT2D eigenvalue weighted by Crippen LogP contribution is 2.13. The van der Waals surface area contributed by atoms with Gasteiger partial charge in [-0.25, -0.2) is 0 Å². The highest BCUT2D eigenvalue weighted by molar-refractivity contribution is 5.93. The maximum Gasteiger partial charge on any atom is 0.247 e. The number of likely N-dealkylation sites (N-methyl/N-ethyl adjacent to an activating group) is 1. The molecule has 3 amide bonds. The second kappa shape index (κ2) is 10.7. The van der Waals surface area contributed by atoms with Gasteiger partial charge in [0, 0.05) is 12.6 Å². The van der Waals surface area contributed by atoms with Gasteiger partial charge in [-0.3, -0.25) is 14.4 Å². The molecular formula is C15H27N3O5. The van der Waals surface area contributed by atoms with Crippen LogP contribution in [0.3, 0.4) is 0 Å². The Kier molecular flexibility index (Phi) is 9.84. The van der Waals surface area contributed by atoms with Gasteiger partial charge in [-0.2, -0.15) is 0 Å². The average Bonchev–Trinajstić information content (AvgIpc) is 2.53. The minimum atomic E-state index is -0.723. The first-order chi connectivity index (χ1) is 10.8. The third-order valence-corrected chi connectivity index (χ3v) is 3.42. The van der Waals surface area contributed by atoms with E-state index in [9.17, 15) is 14.4 Å². The van der Waals surface area contributed by atoms with E-state index < -0.39 is 11.9 Å². The van der Waals surface area contributed by atoms with Gasteiger partial charge in [-0.05, 0) is 12.8 Å². The third kappa shape index (κ3) is 7.25. The minimum Gasteiger partial charge on any atom is -0.394 e. The standard InChI is InChI=1S/C15H27N3O5/c1-10(2)13(18(4)14(22)6-16-9-21)5-11(3)15(23)17-12(7-19)8-20/h5,9-10,12-13,19-20H,6-8H2,1-4H3,(H,16,21)(H,17,23)/t13-/m1/s1. The molecule has 0 aliphatic rings. The highest BCUT2D eigenvalue weighted by atomic mass is 16.3. The lowest BCUT2D eigenvalue weighted by Gasteiger charge is -2.29. The molecule has 1 atom stereocenters. The van der Waals surface area contributed by atoms with Crippen LogP contribution in [-0.2, 0) is 14.4 Å². The Morgan fingerprint density at radius 2 is 1.78 bits per heavy atom. The number of carbonyl (C=O) groups is 3. The van der Waals surface area contributed by atoms with E-state index in [1.807, 2.05) is 13.8 Å². The van der Waals surface area contributed by atoms with E-state index in [2.05, 4.69) is 10.6 Å². The summed E-state index contributed by atoms with van der Waals surface area (Å²) in [5, 5.41) is 22.8. The summed E-state index contributed by atoms with van der Waals surface area (Å²) in [5.74, 6) is -0.645. The molecule has 8 heteroatoms. The van der Waals surface area contributed by atoms with Gasteiger partial charge in [-0.15, -0.1) is 0 Å². The summed E-state index contributed by atoms with van der Waals surface area (Å²) >= 11 is 0. The Labute approximate surface area is 136 Å². The molecule has 0 saturated heterocycles. The molecule has 0 spiro atoms. The summed E-state index contributed by atoms with van der Waals surface area (Å²) in [4.78, 5) is 35.7. The fourth-order valence-electron chi connectivity index (χ4n) is 1.95. The first-order valence-electron chi connectivity index (χ1n) is 7.42. The molecule has 132 valence electrons. The van der Waals surface area contributed by atoms with Gasteiger partial charge in [0.25, 0.3) is 0 Å². The molecule has 0 unspecified atom stereocenters. The number of hydrogen-bond donors (Lipinski definition) is 4. The van der Waals surface area contributed by atoms with Crippen LogP contribution < -0.4 is 10.6 Å². The van der Waals surface area contributed by atoms with Gasteiger partial charge in [-0.1, -0.05) is 19.9 Å². The van der Waals surface area contributed by atoms with Crippen molar-refractivity contribution in [3.63, 3.8) is 0 Å². The van der Waals surface area contributed by atoms with Crippen molar-refractivity contribution in [1.29, 1.82) is 0 Å². The average molecular weight is 329 g/mol. The normalized spacial score (nSPS) is 13.0. The zero-order valence-electron chi connectivity index (χ0n) is 14.1. The Hall–Kier alpha value is -1.93. The second-order valence-corrected chi connectivity index (χ2v) is 5.62. The quantitative estimate of drug-likeness (QED) is 0.291. The predicted octanol–water partition coefficient (Wildman–Crippen LogP) is -1.37. The SMILES string of the molecule is CC(=C[C@H](C(C)C)N(C)C(=O)CNC=O)C(=O)NC(CO)CO. The molecule has 0 aromatic rings. The molecule has 0 aliphatic heterocycles. The lowest BCUT2D eigenvalue weighted by Crippen LogP contribution is -2.44. The molecule has 0 aromatic carbocycles. The molecule has 0 heterocycles. The van der Waals surface area contributed by atoms with Crippen molar-refractivity contribution in [2.45, 2.75) is 32.9 Å². The van der Waals surface area contributed by atoms with Gasteiger partial charge >= 0.3 is 0 Å². The number of aliphatic hydroxyl groups excluding tert-OH is 2. The topological polar surface area (TPSA) is 119 Å². The fourth-order valence-corrected chi connectivity index (χ4v) is 1.95. The Morgan fingerprint density at radius 3 is 2.22 bits per heavy atom. The van der Waals surface area contributed by atoms with Gasteiger partial charge < -0.3 is 25.7 Å². The lowest BCUT2D eigenvalue weighted by molar-refractivity contribution is -0.132. The summed E-state index contributed by atoms with van der Waals surface area (Å²) in [7, 11) is 1.60. The van der Waals surface area contributed by atoms with Crippen LogP contribution >= 0.6 is 0 Å². The number of hydrogen-bond acceptors (Lipinski definition) is 5. The van der Waals surface area contributed by atoms with E-state index in [0.29, 0.717) is 12.0 Å². The Balaban J connectivity index is 5.05. The van der Waals surface area contributed by atoms with Gasteiger partial charge in [0.05, 0.1) is 31.8 Å². The van der Waals surface area contributed by atoms with Crippen LogP contribution in [0.5, 0.6) is 0 Å². The van der Waals surface area contributed by atoms with Crippen LogP contribution in [0.25, 0.3) is 0 Å². The summed E-state index contributed by atoms with van der Waals surface area (Å²) in [5.41, 5.74) is 0.374. The van der Waals surface area contributed by atoms with Gasteiger partial charge in [0.1, 0.15) is 0 Å². The Bertz CT molecular complexity index is 433. The number of nitrogens with zero attached hydrogens (tertiary/aromatic N) is 1. The van der Waals surface area contributed by atoms with Crippen LogP contribution in [0.4, 0.5) is 0 Å². The Morgan fingerprint density at radius 1 is 1.22 bits per heavy atom. The van der Waals surface area contributed by atoms with Crippen molar-refractivity contribution in [2.24, 2.45) is 5.92 Å². The van der Waals surface area contributed by atoms with Crippen LogP contribution in [-0.4, -0.2) is 72.2 Å². The van der Waals surface area contributed by atoms with Crippen LogP contribution in [0.1, 0.15) is 20.8 Å². The lowest BCUT2D eigenvalue weighted by atomic mass is 9.99. The molecule has 4 N–H and O–H groups in total. The number of nitrogens with one attached hydrogen (secondary N) is 2. The first kappa shape index (κ1) is 21.1. The van der Waals surface area contributed by atoms with Crippen molar-refractivity contribution in [3.8, 4) is 0 Å². The summed E-state index contributed by atoms with van der Waals surface area (Å²) in [6, 6.07) is -1.05. The van der Waals surface area contributed by atoms with Gasteiger partial charge in [0.15, 0.2) is 0 Å². The fraction of sp³-hybridized carbons (Fsp3) is 0.667. The van der Waals surface area contributed by atoms with Crippen molar-refractivity contribution in [1.82, 2.24) is 15.5 Å². The number of aliphatic hydroxyl groups is 2. The van der Waals surface area contributed by atoms with Crippen molar-refractivity contribution in [3.05, 3.63) is 11.6 Å². The molecule has 0 aromatic heterocycles. The maximum absolute atomic E-state index is 12.0. The van der Waals surface area contributed by atoms with Crippen LogP contribution in [0, 0.1) is 5.92 Å². The molecule has 23 heavy (non-hydrogen) atoms. The minimum absolute atomic E-state index is 0.0504. The smallest absolute Gasteiger partial charge is 0.247 e. The van der Waals surface area contributed by atoms with E-state index in [0.717, 1.165) is 0 Å². The summed E-state index contributed by atoms with van der Waals surface area (Å²) in [6.45, 7) is 4.58. The molecule has 0 radical (unpaired) electrons. The van der Waals surface area contributed by atoms with Gasteiger partial charge in [0.2, 0.25) is 18.2 Å². The molecular weight excluding hydrogens is 302 g/mol. The molecule has 8 nitrogen and oxygen atoms in total. The monoisotopic (exact) mass is 329 g/mol. The molecule has 0 aliphatic carbocycles. The van der Waals surface area contributed by atoms with Crippen molar-refractivity contribution < 1.29 is 24.6 Å². The summed E-state index contributed by atoms with van der Waals surface area (Å²) in [6.07, 6.45) is 2.11. The van der Waals surface area contributed by atoms with E-state index in [1.54, 1.807) is 20.0 Å². The van der Waals surface area contributed by atoms with Crippen LogP contribution in [0.15, 0.2) is 11.6 Å². The van der Waals surface area contributed by atoms with E-state index in [4.69, 9.17) is 10.2 Å². The number of amides is 3. The number of carbonyl (C=O) groups excluding carboxylic acids is 3. The summed E-state index contributed by atoms with van der Waals surface area (Å²) < 4.78 is 0. The predicted molar refractivity (Wildman–Crippen MR) is 85.3 cm³/mol. The van der Waals surface area contributed by atoms with E-state index in [-0.39, 0.29) is 37.6 Å². The molecule has 0 fully saturated rings. The maximum atomic E-state index is 12.0. The molecule has 0 bridgehead atoms. The second-order valence-electron chi connectivity index (χ2n) is 5.62. The molecule has 0 saturated carbocycles. The largest absolute Gasteiger partial charge is 0.394 e. The third-order valence-electron chi connectivity index (χ3n) is 3.42. The molecule has 0 rings (SSSR count). The van der Waals surface area contributed by atoms with Crippen LogP contribution in [0.2, 0.25) is 0 Å². The zero-order valence-corrected chi connectivity index (χ0v) is 14.1. The van der Waals surface area contributed by atoms with E-state index >= 15 is 0 Å². The van der Waals surface area contributed by atoms with Crippen molar-refractivity contribution in [2.75, 3.05) is 26.8 Å². The first-order valence-corrected chi connectivity index (χ1v) is 7.42. The number of rotatable bonds is 10.